The van der Waals surface area contributed by atoms with Crippen LogP contribution in [0, 0.1) is 17.5 Å². The summed E-state index contributed by atoms with van der Waals surface area (Å²) in [5.41, 5.74) is 0.614. The maximum atomic E-state index is 13.7. The minimum absolute atomic E-state index is 0.165. The number of benzene rings is 2. The van der Waals surface area contributed by atoms with E-state index < -0.39 is 23.2 Å². The van der Waals surface area contributed by atoms with Gasteiger partial charge in [-0.25, -0.2) is 13.2 Å². The highest BCUT2D eigenvalue weighted by Crippen LogP contribution is 2.26. The van der Waals surface area contributed by atoms with E-state index in [0.717, 1.165) is 18.2 Å². The Balaban J connectivity index is 2.19. The predicted octanol–water partition coefficient (Wildman–Crippen LogP) is 5.23. The van der Waals surface area contributed by atoms with E-state index in [2.05, 4.69) is 15.9 Å². The molecular formula is C14H9BrClF3O. The topological polar surface area (TPSA) is 9.23 Å². The highest BCUT2D eigenvalue weighted by Gasteiger charge is 2.13. The van der Waals surface area contributed by atoms with Gasteiger partial charge in [0.2, 0.25) is 0 Å². The molecule has 0 atom stereocenters. The zero-order valence-electron chi connectivity index (χ0n) is 10.1. The third-order valence-electron chi connectivity index (χ3n) is 2.60. The Hall–Kier alpha value is -1.20. The van der Waals surface area contributed by atoms with Crippen molar-refractivity contribution >= 4 is 27.5 Å². The lowest BCUT2D eigenvalue weighted by atomic mass is 10.2. The van der Waals surface area contributed by atoms with E-state index >= 15 is 0 Å². The lowest BCUT2D eigenvalue weighted by Gasteiger charge is -2.10. The summed E-state index contributed by atoms with van der Waals surface area (Å²) in [7, 11) is 0. The molecule has 0 saturated carbocycles. The van der Waals surface area contributed by atoms with Crippen LogP contribution in [0.2, 0.25) is 5.02 Å². The smallest absolute Gasteiger partial charge is 0.191 e. The first-order valence-corrected chi connectivity index (χ1v) is 7.12. The molecule has 2 aromatic carbocycles. The molecule has 0 aromatic heterocycles. The molecule has 0 aliphatic heterocycles. The molecule has 0 heterocycles. The van der Waals surface area contributed by atoms with Crippen LogP contribution in [0.5, 0.6) is 5.75 Å². The molecule has 0 radical (unpaired) electrons. The molecule has 6 heteroatoms. The SMILES string of the molecule is Fc1cc(Cl)ccc1COc1c(F)cc(CBr)cc1F. The van der Waals surface area contributed by atoms with Crippen LogP contribution in [0.3, 0.4) is 0 Å². The van der Waals surface area contributed by atoms with Crippen LogP contribution in [0.1, 0.15) is 11.1 Å². The van der Waals surface area contributed by atoms with Crippen LogP contribution in [0.15, 0.2) is 30.3 Å². The highest BCUT2D eigenvalue weighted by atomic mass is 79.9. The average molecular weight is 366 g/mol. The standard InChI is InChI=1S/C14H9BrClF3O/c15-6-8-3-12(18)14(13(19)4-8)20-7-9-1-2-10(16)5-11(9)17/h1-5H,6-7H2. The molecule has 106 valence electrons. The van der Waals surface area contributed by atoms with Crippen LogP contribution < -0.4 is 4.74 Å². The summed E-state index contributed by atoms with van der Waals surface area (Å²) in [5, 5.41) is 0.567. The van der Waals surface area contributed by atoms with Gasteiger partial charge in [-0.15, -0.1) is 0 Å². The van der Waals surface area contributed by atoms with Crippen LogP contribution in [-0.4, -0.2) is 0 Å². The normalized spacial score (nSPS) is 10.7. The summed E-state index contributed by atoms with van der Waals surface area (Å²) in [6.07, 6.45) is 0. The average Bonchev–Trinajstić information content (AvgIpc) is 2.39. The molecule has 0 spiro atoms. The van der Waals surface area contributed by atoms with E-state index in [1.54, 1.807) is 0 Å². The fourth-order valence-electron chi connectivity index (χ4n) is 1.62. The van der Waals surface area contributed by atoms with Crippen molar-refractivity contribution in [2.75, 3.05) is 0 Å². The first kappa shape index (κ1) is 15.2. The van der Waals surface area contributed by atoms with E-state index in [1.165, 1.54) is 12.1 Å². The fourth-order valence-corrected chi connectivity index (χ4v) is 2.10. The van der Waals surface area contributed by atoms with Gasteiger partial charge in [-0.1, -0.05) is 33.6 Å². The summed E-state index contributed by atoms with van der Waals surface area (Å²) in [4.78, 5) is 0. The van der Waals surface area contributed by atoms with E-state index in [-0.39, 0.29) is 17.2 Å². The number of hydrogen-bond donors (Lipinski definition) is 0. The number of ether oxygens (including phenoxy) is 1. The van der Waals surface area contributed by atoms with Gasteiger partial charge < -0.3 is 4.74 Å². The Morgan fingerprint density at radius 3 is 2.20 bits per heavy atom. The zero-order valence-corrected chi connectivity index (χ0v) is 12.4. The second-order valence-corrected chi connectivity index (χ2v) is 5.04. The minimum Gasteiger partial charge on any atom is -0.483 e. The monoisotopic (exact) mass is 364 g/mol. The van der Waals surface area contributed by atoms with Gasteiger partial charge >= 0.3 is 0 Å². The molecule has 0 saturated heterocycles. The van der Waals surface area contributed by atoms with Gasteiger partial charge in [-0.05, 0) is 29.8 Å². The Kier molecular flexibility index (Phi) is 4.94. The Morgan fingerprint density at radius 1 is 1.00 bits per heavy atom. The maximum absolute atomic E-state index is 13.7. The molecule has 1 nitrogen and oxygen atoms in total. The molecule has 2 aromatic rings. The molecule has 0 amide bonds. The summed E-state index contributed by atoms with van der Waals surface area (Å²) < 4.78 is 45.9. The van der Waals surface area contributed by atoms with Crippen molar-refractivity contribution in [1.29, 1.82) is 0 Å². The van der Waals surface area contributed by atoms with Crippen molar-refractivity contribution in [3.63, 3.8) is 0 Å². The van der Waals surface area contributed by atoms with E-state index in [9.17, 15) is 13.2 Å². The van der Waals surface area contributed by atoms with Crippen LogP contribution in [-0.2, 0) is 11.9 Å². The van der Waals surface area contributed by atoms with Gasteiger partial charge in [0.15, 0.2) is 17.4 Å². The number of halogens is 5. The largest absolute Gasteiger partial charge is 0.483 e. The summed E-state index contributed by atoms with van der Waals surface area (Å²) in [5.74, 6) is -2.76. The van der Waals surface area contributed by atoms with E-state index in [0.29, 0.717) is 10.9 Å². The quantitative estimate of drug-likeness (QED) is 0.674. The van der Waals surface area contributed by atoms with Gasteiger partial charge in [0.05, 0.1) is 0 Å². The highest BCUT2D eigenvalue weighted by molar-refractivity contribution is 9.08. The van der Waals surface area contributed by atoms with Gasteiger partial charge in [0, 0.05) is 15.9 Å². The van der Waals surface area contributed by atoms with Crippen molar-refractivity contribution in [1.82, 2.24) is 0 Å². The van der Waals surface area contributed by atoms with Gasteiger partial charge in [0.1, 0.15) is 12.4 Å². The van der Waals surface area contributed by atoms with E-state index in [1.807, 2.05) is 0 Å². The van der Waals surface area contributed by atoms with Crippen LogP contribution in [0.25, 0.3) is 0 Å². The van der Waals surface area contributed by atoms with E-state index in [4.69, 9.17) is 16.3 Å². The zero-order chi connectivity index (χ0) is 14.7. The number of hydrogen-bond acceptors (Lipinski definition) is 1. The molecule has 2 rings (SSSR count). The van der Waals surface area contributed by atoms with Crippen molar-refractivity contribution in [3.05, 3.63) is 63.9 Å². The van der Waals surface area contributed by atoms with Crippen molar-refractivity contribution in [2.45, 2.75) is 11.9 Å². The second-order valence-electron chi connectivity index (χ2n) is 4.05. The minimum atomic E-state index is -0.825. The first-order valence-electron chi connectivity index (χ1n) is 5.62. The number of alkyl halides is 1. The number of rotatable bonds is 4. The predicted molar refractivity (Wildman–Crippen MR) is 74.7 cm³/mol. The lowest BCUT2D eigenvalue weighted by Crippen LogP contribution is -2.02. The van der Waals surface area contributed by atoms with Crippen LogP contribution in [0.4, 0.5) is 13.2 Å². The van der Waals surface area contributed by atoms with Crippen molar-refractivity contribution in [3.8, 4) is 5.75 Å². The summed E-state index contributed by atoms with van der Waals surface area (Å²) in [6.45, 7) is -0.287. The molecule has 0 fully saturated rings. The molecule has 0 unspecified atom stereocenters. The third-order valence-corrected chi connectivity index (χ3v) is 3.48. The third kappa shape index (κ3) is 3.46. The molecule has 20 heavy (non-hydrogen) atoms. The molecule has 0 aliphatic carbocycles. The second kappa shape index (κ2) is 6.50. The van der Waals surface area contributed by atoms with Crippen molar-refractivity contribution < 1.29 is 17.9 Å². The van der Waals surface area contributed by atoms with Gasteiger partial charge in [-0.3, -0.25) is 0 Å². The summed E-state index contributed by atoms with van der Waals surface area (Å²) in [6, 6.07) is 6.31. The fraction of sp³-hybridized carbons (Fsp3) is 0.143. The lowest BCUT2D eigenvalue weighted by molar-refractivity contribution is 0.269. The Morgan fingerprint density at radius 2 is 1.65 bits per heavy atom. The molecule has 0 bridgehead atoms. The maximum Gasteiger partial charge on any atom is 0.191 e. The summed E-state index contributed by atoms with van der Waals surface area (Å²) >= 11 is 8.72. The molecular weight excluding hydrogens is 357 g/mol. The Labute approximate surface area is 127 Å². The van der Waals surface area contributed by atoms with Crippen LogP contribution >= 0.6 is 27.5 Å². The van der Waals surface area contributed by atoms with Gasteiger partial charge in [-0.2, -0.15) is 0 Å². The Bertz CT molecular complexity index is 611. The molecule has 0 aliphatic rings. The van der Waals surface area contributed by atoms with Gasteiger partial charge in [0.25, 0.3) is 0 Å². The van der Waals surface area contributed by atoms with Crippen molar-refractivity contribution in [2.24, 2.45) is 0 Å². The molecule has 0 N–H and O–H groups in total. The first-order chi connectivity index (χ1) is 9.51.